The van der Waals surface area contributed by atoms with E-state index in [4.69, 9.17) is 14.5 Å². The lowest BCUT2D eigenvalue weighted by atomic mass is 9.90. The Labute approximate surface area is 364 Å². The predicted octanol–water partition coefficient (Wildman–Crippen LogP) is 6.11. The number of hydrogen-bond acceptors (Lipinski definition) is 12. The van der Waals surface area contributed by atoms with E-state index in [1.165, 1.54) is 6.07 Å². The van der Waals surface area contributed by atoms with Crippen molar-refractivity contribution < 1.29 is 33.0 Å². The summed E-state index contributed by atoms with van der Waals surface area (Å²) >= 11 is 0. The van der Waals surface area contributed by atoms with Crippen molar-refractivity contribution in [2.75, 3.05) is 67.5 Å². The minimum atomic E-state index is -0.661. The Morgan fingerprint density at radius 1 is 0.952 bits per heavy atom. The highest BCUT2D eigenvalue weighted by Gasteiger charge is 2.36. The van der Waals surface area contributed by atoms with Crippen molar-refractivity contribution in [1.29, 1.82) is 0 Å². The summed E-state index contributed by atoms with van der Waals surface area (Å²) in [7, 11) is 0. The largest absolute Gasteiger partial charge is 0.474 e. The number of nitrogens with one attached hydrogen (secondary N) is 2. The number of carbonyl (C=O) groups excluding carboxylic acids is 4. The second kappa shape index (κ2) is 16.9. The molecule has 0 aliphatic carbocycles. The number of piperidine rings is 1. The van der Waals surface area contributed by atoms with Gasteiger partial charge in [0.1, 0.15) is 23.7 Å². The molecule has 0 spiro atoms. The Bertz CT molecular complexity index is 2600. The minimum Gasteiger partial charge on any atom is -0.474 e. The first-order chi connectivity index (χ1) is 30.3. The standard InChI is InChI=1S/C47H50FN9O6/c1-28-37(25-49-44-42(28)57(19-20-62-44)46(61)63-47(2,3)4)30-5-6-32-24-50-45(52-39(32)21-30)51-33-10-7-31(38(48)23-33)22-41(59)55-17-15-54(16-18-55)35-26-56(27-35)34-11-8-29(9-12-34)36-13-14-40(58)53-43(36)60/h5-12,21,23-25,35-36H,13-20,22,26-27H2,1-4H3,(H,50,51,52)(H,53,58,60). The Hall–Kier alpha value is -6.68. The van der Waals surface area contributed by atoms with Crippen LogP contribution in [-0.4, -0.2) is 113 Å². The van der Waals surface area contributed by atoms with Crippen LogP contribution in [-0.2, 0) is 25.5 Å². The van der Waals surface area contributed by atoms with E-state index in [0.717, 1.165) is 59.5 Å². The fourth-order valence-electron chi connectivity index (χ4n) is 8.71. The summed E-state index contributed by atoms with van der Waals surface area (Å²) in [4.78, 5) is 72.1. The number of imide groups is 1. The van der Waals surface area contributed by atoms with Crippen LogP contribution < -0.4 is 25.2 Å². The molecule has 3 aromatic carbocycles. The molecule has 2 aromatic heterocycles. The third-order valence-corrected chi connectivity index (χ3v) is 12.2. The Balaban J connectivity index is 0.783. The van der Waals surface area contributed by atoms with Crippen LogP contribution in [0.3, 0.4) is 0 Å². The number of piperazine rings is 1. The van der Waals surface area contributed by atoms with Crippen LogP contribution in [0.25, 0.3) is 22.0 Å². The van der Waals surface area contributed by atoms with Gasteiger partial charge in [-0.05, 0) is 86.7 Å². The van der Waals surface area contributed by atoms with Gasteiger partial charge in [-0.2, -0.15) is 0 Å². The fraction of sp³-hybridized carbons (Fsp3) is 0.383. The summed E-state index contributed by atoms with van der Waals surface area (Å²) in [5.41, 5.74) is 5.79. The van der Waals surface area contributed by atoms with E-state index in [9.17, 15) is 19.2 Å². The number of rotatable bonds is 8. The number of benzene rings is 3. The van der Waals surface area contributed by atoms with Crippen LogP contribution in [0, 0.1) is 12.7 Å². The summed E-state index contributed by atoms with van der Waals surface area (Å²) in [5.74, 6) is -0.684. The molecular formula is C47H50FN9O6. The highest BCUT2D eigenvalue weighted by molar-refractivity contribution is 6.01. The van der Waals surface area contributed by atoms with Crippen molar-refractivity contribution in [3.8, 4) is 17.0 Å². The monoisotopic (exact) mass is 855 g/mol. The lowest BCUT2D eigenvalue weighted by Crippen LogP contribution is -2.63. The normalized spacial score (nSPS) is 18.4. The van der Waals surface area contributed by atoms with Gasteiger partial charge in [0.25, 0.3) is 0 Å². The van der Waals surface area contributed by atoms with Crippen LogP contribution in [0.1, 0.15) is 56.2 Å². The molecule has 2 N–H and O–H groups in total. The topological polar surface area (TPSA) is 162 Å². The number of aromatic nitrogens is 3. The second-order valence-electron chi connectivity index (χ2n) is 17.6. The van der Waals surface area contributed by atoms with Crippen molar-refractivity contribution in [2.24, 2.45) is 0 Å². The van der Waals surface area contributed by atoms with Gasteiger partial charge in [-0.25, -0.2) is 24.1 Å². The SMILES string of the molecule is Cc1c(-c2ccc3cnc(Nc4ccc(CC(=O)N5CCN(C6CN(c7ccc(C8CCC(=O)NC8=O)cc7)C6)CC5)c(F)c4)nc3c2)cnc2c1N(C(=O)OC(C)(C)C)CCO2. The van der Waals surface area contributed by atoms with Crippen molar-refractivity contribution in [3.63, 3.8) is 0 Å². The zero-order chi connectivity index (χ0) is 44.0. The molecule has 3 saturated heterocycles. The molecule has 9 rings (SSSR count). The molecule has 0 radical (unpaired) electrons. The first kappa shape index (κ1) is 41.7. The predicted molar refractivity (Wildman–Crippen MR) is 236 cm³/mol. The van der Waals surface area contributed by atoms with Crippen molar-refractivity contribution in [1.82, 2.24) is 30.1 Å². The van der Waals surface area contributed by atoms with Crippen LogP contribution in [0.4, 0.5) is 32.2 Å². The fourth-order valence-corrected chi connectivity index (χ4v) is 8.71. The van der Waals surface area contributed by atoms with Crippen LogP contribution in [0.15, 0.2) is 73.1 Å². The molecule has 63 heavy (non-hydrogen) atoms. The summed E-state index contributed by atoms with van der Waals surface area (Å²) in [5, 5.41) is 6.34. The van der Waals surface area contributed by atoms with Crippen molar-refractivity contribution >= 4 is 57.7 Å². The van der Waals surface area contributed by atoms with Gasteiger partial charge in [0.2, 0.25) is 29.5 Å². The quantitative estimate of drug-likeness (QED) is 0.173. The van der Waals surface area contributed by atoms with Gasteiger partial charge in [0, 0.05) is 86.4 Å². The maximum atomic E-state index is 15.5. The molecule has 4 aliphatic rings. The van der Waals surface area contributed by atoms with E-state index >= 15 is 4.39 Å². The molecule has 0 saturated carbocycles. The summed E-state index contributed by atoms with van der Waals surface area (Å²) < 4.78 is 27.0. The number of ether oxygens (including phenoxy) is 2. The van der Waals surface area contributed by atoms with Crippen molar-refractivity contribution in [2.45, 2.75) is 64.5 Å². The second-order valence-corrected chi connectivity index (χ2v) is 17.6. The molecule has 3 fully saturated rings. The number of halogens is 1. The third-order valence-electron chi connectivity index (χ3n) is 12.2. The van der Waals surface area contributed by atoms with E-state index < -0.39 is 17.5 Å². The number of carbonyl (C=O) groups is 4. The van der Waals surface area contributed by atoms with E-state index in [1.54, 1.807) is 29.4 Å². The number of fused-ring (bicyclic) bond motifs is 2. The van der Waals surface area contributed by atoms with Crippen LogP contribution in [0.2, 0.25) is 0 Å². The van der Waals surface area contributed by atoms with E-state index in [2.05, 4.69) is 30.4 Å². The molecule has 0 bridgehead atoms. The minimum absolute atomic E-state index is 0.0357. The lowest BCUT2D eigenvalue weighted by Gasteiger charge is -2.49. The van der Waals surface area contributed by atoms with E-state index in [0.29, 0.717) is 73.5 Å². The number of anilines is 4. The molecule has 4 aliphatic heterocycles. The third kappa shape index (κ3) is 8.85. The highest BCUT2D eigenvalue weighted by atomic mass is 19.1. The van der Waals surface area contributed by atoms with Gasteiger partial charge >= 0.3 is 6.09 Å². The maximum Gasteiger partial charge on any atom is 0.415 e. The molecular weight excluding hydrogens is 806 g/mol. The Morgan fingerprint density at radius 2 is 1.73 bits per heavy atom. The van der Waals surface area contributed by atoms with E-state index in [-0.39, 0.29) is 36.0 Å². The molecule has 1 atom stereocenters. The molecule has 15 nitrogen and oxygen atoms in total. The van der Waals surface area contributed by atoms with Crippen LogP contribution >= 0.6 is 0 Å². The van der Waals surface area contributed by atoms with Gasteiger partial charge in [-0.15, -0.1) is 0 Å². The van der Waals surface area contributed by atoms with Gasteiger partial charge in [-0.1, -0.05) is 30.3 Å². The number of amides is 4. The first-order valence-corrected chi connectivity index (χ1v) is 21.4. The zero-order valence-corrected chi connectivity index (χ0v) is 35.8. The summed E-state index contributed by atoms with van der Waals surface area (Å²) in [6.07, 6.45) is 3.81. The molecule has 4 amide bonds. The molecule has 326 valence electrons. The lowest BCUT2D eigenvalue weighted by molar-refractivity contribution is -0.134. The Morgan fingerprint density at radius 3 is 2.46 bits per heavy atom. The zero-order valence-electron chi connectivity index (χ0n) is 35.8. The number of hydrogen-bond donors (Lipinski definition) is 2. The summed E-state index contributed by atoms with van der Waals surface area (Å²) in [6.45, 7) is 12.5. The smallest absolute Gasteiger partial charge is 0.415 e. The summed E-state index contributed by atoms with van der Waals surface area (Å²) in [6, 6.07) is 18.9. The van der Waals surface area contributed by atoms with Gasteiger partial charge in [0.05, 0.1) is 24.4 Å². The van der Waals surface area contributed by atoms with E-state index in [1.807, 2.05) is 75.1 Å². The average molecular weight is 856 g/mol. The first-order valence-electron chi connectivity index (χ1n) is 21.4. The van der Waals surface area contributed by atoms with Crippen molar-refractivity contribution in [3.05, 3.63) is 95.6 Å². The molecule has 5 aromatic rings. The Kier molecular flexibility index (Phi) is 11.2. The number of nitrogens with zero attached hydrogens (tertiary/aromatic N) is 7. The molecule has 6 heterocycles. The van der Waals surface area contributed by atoms with Crippen LogP contribution in [0.5, 0.6) is 5.88 Å². The molecule has 1 unspecified atom stereocenters. The van der Waals surface area contributed by atoms with Gasteiger partial charge < -0.3 is 24.6 Å². The van der Waals surface area contributed by atoms with Gasteiger partial charge in [0.15, 0.2) is 0 Å². The van der Waals surface area contributed by atoms with Gasteiger partial charge in [-0.3, -0.25) is 29.5 Å². The maximum absolute atomic E-state index is 15.5. The number of pyridine rings is 1. The average Bonchev–Trinajstić information content (AvgIpc) is 3.24. The molecule has 16 heteroatoms. The highest BCUT2D eigenvalue weighted by Crippen LogP contribution is 2.40.